The van der Waals surface area contributed by atoms with Crippen LogP contribution in [0.2, 0.25) is 0 Å². The van der Waals surface area contributed by atoms with Gasteiger partial charge in [0.2, 0.25) is 0 Å². The molecule has 8 heteroatoms. The van der Waals surface area contributed by atoms with Crippen molar-refractivity contribution in [3.63, 3.8) is 0 Å². The molecule has 1 aliphatic rings. The maximum Gasteiger partial charge on any atom is 0.339 e. The van der Waals surface area contributed by atoms with Gasteiger partial charge in [-0.05, 0) is 35.9 Å². The van der Waals surface area contributed by atoms with Crippen molar-refractivity contribution in [2.75, 3.05) is 32.2 Å². The molecule has 1 heterocycles. The molecule has 0 unspecified atom stereocenters. The number of methoxy groups -OCH3 is 1. The van der Waals surface area contributed by atoms with Crippen LogP contribution in [-0.4, -0.2) is 44.8 Å². The summed E-state index contributed by atoms with van der Waals surface area (Å²) in [6, 6.07) is 11.6. The fourth-order valence-corrected chi connectivity index (χ4v) is 2.58. The van der Waals surface area contributed by atoms with Crippen LogP contribution in [0.3, 0.4) is 0 Å². The molecule has 0 saturated heterocycles. The number of carbonyl (C=O) groups excluding carboxylic acids is 3. The van der Waals surface area contributed by atoms with E-state index in [1.165, 1.54) is 19.3 Å². The molecule has 0 aliphatic carbocycles. The van der Waals surface area contributed by atoms with Crippen molar-refractivity contribution in [3.8, 4) is 11.5 Å². The third-order valence-electron chi connectivity index (χ3n) is 3.93. The Labute approximate surface area is 167 Å². The van der Waals surface area contributed by atoms with Crippen LogP contribution in [0.4, 0.5) is 5.69 Å². The number of hydrogen-bond donors (Lipinski definition) is 1. The lowest BCUT2D eigenvalue weighted by atomic mass is 10.2. The molecule has 1 N–H and O–H groups in total. The van der Waals surface area contributed by atoms with Gasteiger partial charge in [0.25, 0.3) is 5.91 Å². The van der Waals surface area contributed by atoms with Gasteiger partial charge >= 0.3 is 11.9 Å². The number of carbonyl (C=O) groups is 3. The van der Waals surface area contributed by atoms with Crippen molar-refractivity contribution in [1.29, 1.82) is 0 Å². The Hall–Kier alpha value is -3.81. The zero-order chi connectivity index (χ0) is 20.6. The minimum absolute atomic E-state index is 0.202. The van der Waals surface area contributed by atoms with E-state index in [0.29, 0.717) is 24.7 Å². The van der Waals surface area contributed by atoms with Crippen LogP contribution in [0.15, 0.2) is 48.5 Å². The van der Waals surface area contributed by atoms with Crippen molar-refractivity contribution in [3.05, 3.63) is 59.7 Å². The topological polar surface area (TPSA) is 100 Å². The lowest BCUT2D eigenvalue weighted by Gasteiger charge is -2.18. The van der Waals surface area contributed by atoms with Crippen LogP contribution >= 0.6 is 0 Å². The number of hydrogen-bond acceptors (Lipinski definition) is 7. The average molecular weight is 397 g/mol. The second kappa shape index (κ2) is 9.41. The summed E-state index contributed by atoms with van der Waals surface area (Å²) in [6.07, 6.45) is 2.76. The van der Waals surface area contributed by atoms with Gasteiger partial charge in [0.1, 0.15) is 13.2 Å². The first kappa shape index (κ1) is 19.9. The molecule has 3 rings (SSSR count). The number of anilines is 1. The van der Waals surface area contributed by atoms with Gasteiger partial charge in [-0.3, -0.25) is 4.79 Å². The highest BCUT2D eigenvalue weighted by Crippen LogP contribution is 2.31. The smallest absolute Gasteiger partial charge is 0.339 e. The number of rotatable bonds is 6. The van der Waals surface area contributed by atoms with Crippen LogP contribution < -0.4 is 14.8 Å². The summed E-state index contributed by atoms with van der Waals surface area (Å²) in [5.74, 6) is -0.589. The van der Waals surface area contributed by atoms with Gasteiger partial charge < -0.3 is 24.3 Å². The summed E-state index contributed by atoms with van der Waals surface area (Å²) < 4.78 is 20.5. The van der Waals surface area contributed by atoms with E-state index in [9.17, 15) is 14.4 Å². The second-order valence-electron chi connectivity index (χ2n) is 5.93. The van der Waals surface area contributed by atoms with Gasteiger partial charge in [-0.25, -0.2) is 9.59 Å². The Bertz CT molecular complexity index is 952. The standard InChI is InChI=1S/C21H19NO7/c1-26-21(25)15-4-2-3-5-16(15)22-19(23)13-29-20(24)9-7-14-6-8-17-18(12-14)28-11-10-27-17/h2-9,12H,10-11,13H2,1H3,(H,22,23). The zero-order valence-electron chi connectivity index (χ0n) is 15.7. The molecule has 1 amide bonds. The van der Waals surface area contributed by atoms with E-state index in [1.54, 1.807) is 42.5 Å². The van der Waals surface area contributed by atoms with Crippen LogP contribution in [0, 0.1) is 0 Å². The maximum atomic E-state index is 12.0. The predicted octanol–water partition coefficient (Wildman–Crippen LogP) is 2.44. The lowest BCUT2D eigenvalue weighted by Crippen LogP contribution is -2.21. The molecular formula is C21H19NO7. The molecule has 0 aromatic heterocycles. The Morgan fingerprint density at radius 2 is 1.83 bits per heavy atom. The first-order chi connectivity index (χ1) is 14.1. The Morgan fingerprint density at radius 1 is 1.07 bits per heavy atom. The van der Waals surface area contributed by atoms with Crippen LogP contribution in [0.25, 0.3) is 6.08 Å². The largest absolute Gasteiger partial charge is 0.486 e. The molecule has 0 saturated carbocycles. The SMILES string of the molecule is COC(=O)c1ccccc1NC(=O)COC(=O)C=Cc1ccc2c(c1)OCCO2. The van der Waals surface area contributed by atoms with Gasteiger partial charge in [-0.2, -0.15) is 0 Å². The van der Waals surface area contributed by atoms with E-state index in [4.69, 9.17) is 14.2 Å². The molecular weight excluding hydrogens is 378 g/mol. The maximum absolute atomic E-state index is 12.0. The van der Waals surface area contributed by atoms with Crippen molar-refractivity contribution >= 4 is 29.6 Å². The fourth-order valence-electron chi connectivity index (χ4n) is 2.58. The third-order valence-corrected chi connectivity index (χ3v) is 3.93. The molecule has 8 nitrogen and oxygen atoms in total. The molecule has 2 aromatic rings. The van der Waals surface area contributed by atoms with Crippen LogP contribution in [-0.2, 0) is 19.1 Å². The van der Waals surface area contributed by atoms with Gasteiger partial charge in [0.15, 0.2) is 18.1 Å². The summed E-state index contributed by atoms with van der Waals surface area (Å²) in [7, 11) is 1.25. The van der Waals surface area contributed by atoms with Crippen LogP contribution in [0.5, 0.6) is 11.5 Å². The highest BCUT2D eigenvalue weighted by Gasteiger charge is 2.14. The lowest BCUT2D eigenvalue weighted by molar-refractivity contribution is -0.142. The monoisotopic (exact) mass is 397 g/mol. The molecule has 0 radical (unpaired) electrons. The fraction of sp³-hybridized carbons (Fsp3) is 0.190. The van der Waals surface area contributed by atoms with Crippen LogP contribution in [0.1, 0.15) is 15.9 Å². The molecule has 0 atom stereocenters. The molecule has 1 aliphatic heterocycles. The predicted molar refractivity (Wildman–Crippen MR) is 104 cm³/mol. The van der Waals surface area contributed by atoms with Crippen molar-refractivity contribution in [1.82, 2.24) is 0 Å². The first-order valence-corrected chi connectivity index (χ1v) is 8.78. The Morgan fingerprint density at radius 3 is 2.62 bits per heavy atom. The molecule has 29 heavy (non-hydrogen) atoms. The molecule has 150 valence electrons. The number of amides is 1. The average Bonchev–Trinajstić information content (AvgIpc) is 2.76. The molecule has 0 spiro atoms. The zero-order valence-corrected chi connectivity index (χ0v) is 15.7. The second-order valence-corrected chi connectivity index (χ2v) is 5.93. The normalized spacial score (nSPS) is 12.3. The first-order valence-electron chi connectivity index (χ1n) is 8.78. The van der Waals surface area contributed by atoms with Gasteiger partial charge in [0.05, 0.1) is 18.4 Å². The third kappa shape index (κ3) is 5.35. The number of nitrogens with one attached hydrogen (secondary N) is 1. The summed E-state index contributed by atoms with van der Waals surface area (Å²) in [5, 5.41) is 2.52. The minimum Gasteiger partial charge on any atom is -0.486 e. The van der Waals surface area contributed by atoms with E-state index >= 15 is 0 Å². The van der Waals surface area contributed by atoms with Crippen molar-refractivity contribution < 1.29 is 33.3 Å². The Kier molecular flexibility index (Phi) is 6.47. The quantitative estimate of drug-likeness (QED) is 0.590. The van der Waals surface area contributed by atoms with E-state index in [2.05, 4.69) is 10.1 Å². The summed E-state index contributed by atoms with van der Waals surface area (Å²) in [5.41, 5.74) is 1.20. The van der Waals surface area contributed by atoms with Crippen molar-refractivity contribution in [2.24, 2.45) is 0 Å². The number of fused-ring (bicyclic) bond motifs is 1. The Balaban J connectivity index is 1.52. The van der Waals surface area contributed by atoms with Gasteiger partial charge in [0, 0.05) is 6.08 Å². The number of para-hydroxylation sites is 1. The highest BCUT2D eigenvalue weighted by atomic mass is 16.6. The summed E-state index contributed by atoms with van der Waals surface area (Å²) >= 11 is 0. The molecule has 0 fully saturated rings. The summed E-state index contributed by atoms with van der Waals surface area (Å²) in [4.78, 5) is 35.6. The van der Waals surface area contributed by atoms with E-state index in [1.807, 2.05) is 0 Å². The number of esters is 2. The number of ether oxygens (including phenoxy) is 4. The van der Waals surface area contributed by atoms with E-state index < -0.39 is 24.5 Å². The van der Waals surface area contributed by atoms with E-state index in [-0.39, 0.29) is 11.3 Å². The summed E-state index contributed by atoms with van der Waals surface area (Å²) in [6.45, 7) is 0.469. The van der Waals surface area contributed by atoms with Gasteiger partial charge in [-0.15, -0.1) is 0 Å². The van der Waals surface area contributed by atoms with Crippen molar-refractivity contribution in [2.45, 2.75) is 0 Å². The van der Waals surface area contributed by atoms with E-state index in [0.717, 1.165) is 5.56 Å². The molecule has 0 bridgehead atoms. The minimum atomic E-state index is -0.684. The van der Waals surface area contributed by atoms with Gasteiger partial charge in [-0.1, -0.05) is 18.2 Å². The molecule has 2 aromatic carbocycles. The highest BCUT2D eigenvalue weighted by molar-refractivity contribution is 6.02. The number of benzene rings is 2.